The van der Waals surface area contributed by atoms with E-state index in [0.717, 1.165) is 29.7 Å². The van der Waals surface area contributed by atoms with Gasteiger partial charge < -0.3 is 4.74 Å². The summed E-state index contributed by atoms with van der Waals surface area (Å²) >= 11 is 0. The summed E-state index contributed by atoms with van der Waals surface area (Å²) in [4.78, 5) is 26.3. The second-order valence-corrected chi connectivity index (χ2v) is 9.24. The third-order valence-electron chi connectivity index (χ3n) is 5.38. The number of para-hydroxylation sites is 1. The molecule has 0 saturated heterocycles. The van der Waals surface area contributed by atoms with Gasteiger partial charge in [-0.1, -0.05) is 49.7 Å². The molecule has 0 aliphatic carbocycles. The lowest BCUT2D eigenvalue weighted by molar-refractivity contribution is 0.0635. The van der Waals surface area contributed by atoms with Gasteiger partial charge in [-0.05, 0) is 64.3 Å². The normalized spacial score (nSPS) is 11.1. The first-order chi connectivity index (χ1) is 16.2. The van der Waals surface area contributed by atoms with E-state index in [9.17, 15) is 14.9 Å². The molecule has 6 heteroatoms. The number of anilines is 1. The fourth-order valence-electron chi connectivity index (χ4n) is 3.87. The van der Waals surface area contributed by atoms with Crippen LogP contribution in [-0.2, 0) is 11.2 Å². The Morgan fingerprint density at radius 2 is 1.74 bits per heavy atom. The number of pyridine rings is 1. The first-order valence-corrected chi connectivity index (χ1v) is 11.5. The SMILES string of the molecule is CCCCc1cc(C)c(NC(=O)OC(C)(C)C)c(=O)n1-c1ccccc1-c1ccccc1C#N. The van der Waals surface area contributed by atoms with E-state index < -0.39 is 11.7 Å². The highest BCUT2D eigenvalue weighted by atomic mass is 16.6. The van der Waals surface area contributed by atoms with Gasteiger partial charge in [0.05, 0.1) is 17.3 Å². The van der Waals surface area contributed by atoms with E-state index >= 15 is 0 Å². The monoisotopic (exact) mass is 457 g/mol. The number of aromatic nitrogens is 1. The van der Waals surface area contributed by atoms with E-state index in [1.165, 1.54) is 0 Å². The number of amides is 1. The number of hydrogen-bond donors (Lipinski definition) is 1. The van der Waals surface area contributed by atoms with E-state index in [-0.39, 0.29) is 11.2 Å². The number of ether oxygens (including phenoxy) is 1. The number of carbonyl (C=O) groups excluding carboxylic acids is 1. The predicted octanol–water partition coefficient (Wildman–Crippen LogP) is 6.37. The van der Waals surface area contributed by atoms with Crippen molar-refractivity contribution in [1.29, 1.82) is 5.26 Å². The number of nitrogens with one attached hydrogen (secondary N) is 1. The van der Waals surface area contributed by atoms with Gasteiger partial charge in [0, 0.05) is 16.8 Å². The van der Waals surface area contributed by atoms with Crippen molar-refractivity contribution in [2.24, 2.45) is 0 Å². The highest BCUT2D eigenvalue weighted by molar-refractivity contribution is 5.86. The zero-order chi connectivity index (χ0) is 24.9. The first-order valence-electron chi connectivity index (χ1n) is 11.5. The van der Waals surface area contributed by atoms with Crippen molar-refractivity contribution in [2.45, 2.75) is 59.5 Å². The number of unbranched alkanes of at least 4 members (excludes halogenated alkanes) is 1. The Morgan fingerprint density at radius 1 is 1.09 bits per heavy atom. The van der Waals surface area contributed by atoms with Gasteiger partial charge in [-0.3, -0.25) is 14.7 Å². The molecule has 0 spiro atoms. The fourth-order valence-corrected chi connectivity index (χ4v) is 3.87. The molecule has 0 aliphatic heterocycles. The highest BCUT2D eigenvalue weighted by Gasteiger charge is 2.22. The van der Waals surface area contributed by atoms with Crippen molar-refractivity contribution >= 4 is 11.8 Å². The number of rotatable bonds is 6. The quantitative estimate of drug-likeness (QED) is 0.466. The summed E-state index contributed by atoms with van der Waals surface area (Å²) in [5.74, 6) is 0. The second kappa shape index (κ2) is 10.4. The molecular weight excluding hydrogens is 426 g/mol. The van der Waals surface area contributed by atoms with Crippen LogP contribution in [0.3, 0.4) is 0 Å². The lowest BCUT2D eigenvalue weighted by Gasteiger charge is -2.22. The number of nitrogens with zero attached hydrogens (tertiary/aromatic N) is 2. The number of benzene rings is 2. The Balaban J connectivity index is 2.25. The Labute approximate surface area is 200 Å². The van der Waals surface area contributed by atoms with Crippen LogP contribution in [0, 0.1) is 18.3 Å². The largest absolute Gasteiger partial charge is 0.444 e. The van der Waals surface area contributed by atoms with E-state index in [1.54, 1.807) is 31.4 Å². The molecule has 0 bridgehead atoms. The minimum absolute atomic E-state index is 0.179. The van der Waals surface area contributed by atoms with E-state index in [4.69, 9.17) is 4.74 Å². The molecule has 0 fully saturated rings. The molecule has 0 radical (unpaired) electrons. The Morgan fingerprint density at radius 3 is 2.38 bits per heavy atom. The number of nitriles is 1. The second-order valence-electron chi connectivity index (χ2n) is 9.24. The third-order valence-corrected chi connectivity index (χ3v) is 5.38. The molecule has 1 amide bonds. The summed E-state index contributed by atoms with van der Waals surface area (Å²) in [6.07, 6.45) is 1.91. The summed E-state index contributed by atoms with van der Waals surface area (Å²) in [6, 6.07) is 19.0. The molecule has 2 aromatic carbocycles. The van der Waals surface area contributed by atoms with Gasteiger partial charge in [0.2, 0.25) is 0 Å². The van der Waals surface area contributed by atoms with Crippen molar-refractivity contribution < 1.29 is 9.53 Å². The summed E-state index contributed by atoms with van der Waals surface area (Å²) in [5, 5.41) is 12.3. The van der Waals surface area contributed by atoms with Crippen LogP contribution in [0.5, 0.6) is 0 Å². The Hall–Kier alpha value is -3.85. The van der Waals surface area contributed by atoms with Gasteiger partial charge in [0.1, 0.15) is 11.3 Å². The zero-order valence-corrected chi connectivity index (χ0v) is 20.4. The molecule has 1 aromatic heterocycles. The van der Waals surface area contributed by atoms with Crippen LogP contribution in [0.15, 0.2) is 59.4 Å². The minimum Gasteiger partial charge on any atom is -0.444 e. The van der Waals surface area contributed by atoms with Crippen molar-refractivity contribution in [2.75, 3.05) is 5.32 Å². The van der Waals surface area contributed by atoms with Crippen LogP contribution < -0.4 is 10.9 Å². The number of aryl methyl sites for hydroxylation is 2. The smallest absolute Gasteiger partial charge is 0.412 e. The molecule has 3 aromatic rings. The molecule has 6 nitrogen and oxygen atoms in total. The van der Waals surface area contributed by atoms with Crippen LogP contribution in [0.2, 0.25) is 0 Å². The van der Waals surface area contributed by atoms with Gasteiger partial charge >= 0.3 is 6.09 Å². The van der Waals surface area contributed by atoms with Crippen molar-refractivity contribution in [3.8, 4) is 22.9 Å². The van der Waals surface area contributed by atoms with Gasteiger partial charge in [-0.25, -0.2) is 4.79 Å². The zero-order valence-electron chi connectivity index (χ0n) is 20.4. The summed E-state index contributed by atoms with van der Waals surface area (Å²) < 4.78 is 7.03. The maximum Gasteiger partial charge on any atom is 0.412 e. The van der Waals surface area contributed by atoms with Crippen LogP contribution in [-0.4, -0.2) is 16.3 Å². The summed E-state index contributed by atoms with van der Waals surface area (Å²) in [6.45, 7) is 9.23. The van der Waals surface area contributed by atoms with Crippen molar-refractivity contribution in [1.82, 2.24) is 4.57 Å². The van der Waals surface area contributed by atoms with Crippen LogP contribution in [0.1, 0.15) is 57.4 Å². The molecule has 0 saturated carbocycles. The highest BCUT2D eigenvalue weighted by Crippen LogP contribution is 2.30. The number of hydrogen-bond acceptors (Lipinski definition) is 4. The predicted molar refractivity (Wildman–Crippen MR) is 135 cm³/mol. The number of carbonyl (C=O) groups is 1. The van der Waals surface area contributed by atoms with Crippen LogP contribution in [0.4, 0.5) is 10.5 Å². The molecular formula is C28H31N3O3. The molecule has 0 unspecified atom stereocenters. The average molecular weight is 458 g/mol. The van der Waals surface area contributed by atoms with Crippen molar-refractivity contribution in [3.63, 3.8) is 0 Å². The molecule has 0 aliphatic rings. The standard InChI is InChI=1S/C28H31N3O3/c1-6-7-13-21-17-19(2)25(30-27(33)34-28(3,4)5)26(32)31(21)24-16-11-10-15-23(24)22-14-9-8-12-20(22)18-29/h8-12,14-17H,6-7,13H2,1-5H3,(H,30,33). The molecule has 1 heterocycles. The lowest BCUT2D eigenvalue weighted by atomic mass is 9.98. The average Bonchev–Trinajstić information content (AvgIpc) is 2.79. The minimum atomic E-state index is -0.689. The van der Waals surface area contributed by atoms with E-state index in [0.29, 0.717) is 23.2 Å². The van der Waals surface area contributed by atoms with Gasteiger partial charge in [0.15, 0.2) is 0 Å². The van der Waals surface area contributed by atoms with Gasteiger partial charge in [0.25, 0.3) is 5.56 Å². The molecule has 3 rings (SSSR count). The van der Waals surface area contributed by atoms with Crippen LogP contribution in [0.25, 0.3) is 16.8 Å². The summed E-state index contributed by atoms with van der Waals surface area (Å²) in [7, 11) is 0. The maximum absolute atomic E-state index is 13.8. The maximum atomic E-state index is 13.8. The van der Waals surface area contributed by atoms with Crippen LogP contribution >= 0.6 is 0 Å². The molecule has 1 N–H and O–H groups in total. The van der Waals surface area contributed by atoms with Crippen molar-refractivity contribution in [3.05, 3.63) is 81.8 Å². The van der Waals surface area contributed by atoms with Gasteiger partial charge in [-0.2, -0.15) is 5.26 Å². The topological polar surface area (TPSA) is 84.1 Å². The fraction of sp³-hybridized carbons (Fsp3) is 0.321. The molecule has 34 heavy (non-hydrogen) atoms. The molecule has 0 atom stereocenters. The Bertz CT molecular complexity index is 1290. The third kappa shape index (κ3) is 5.55. The summed E-state index contributed by atoms with van der Waals surface area (Å²) in [5.41, 5.74) is 3.38. The first kappa shape index (κ1) is 24.8. The Kier molecular flexibility index (Phi) is 7.57. The van der Waals surface area contributed by atoms with E-state index in [2.05, 4.69) is 18.3 Å². The van der Waals surface area contributed by atoms with Gasteiger partial charge in [-0.15, -0.1) is 0 Å². The molecule has 176 valence electrons. The lowest BCUT2D eigenvalue weighted by Crippen LogP contribution is -2.32. The van der Waals surface area contributed by atoms with E-state index in [1.807, 2.05) is 55.5 Å².